The number of aliphatic hydroxyl groups is 1. The number of alkyl halides is 1. The van der Waals surface area contributed by atoms with Gasteiger partial charge in [-0.3, -0.25) is 14.4 Å². The molecule has 5 rings (SSSR count). The minimum atomic E-state index is -0.885. The van der Waals surface area contributed by atoms with Crippen molar-refractivity contribution in [2.24, 2.45) is 17.8 Å². The normalized spacial score (nSPS) is 28.3. The van der Waals surface area contributed by atoms with E-state index in [-0.39, 0.29) is 54.2 Å². The van der Waals surface area contributed by atoms with Gasteiger partial charge in [-0.15, -0.1) is 30.0 Å². The van der Waals surface area contributed by atoms with Crippen molar-refractivity contribution < 1.29 is 24.2 Å². The van der Waals surface area contributed by atoms with E-state index in [2.05, 4.69) is 39.4 Å². The number of allylic oxidation sites excluding steroid dienone is 1. The van der Waals surface area contributed by atoms with E-state index in [4.69, 9.17) is 4.74 Å². The van der Waals surface area contributed by atoms with Gasteiger partial charge < -0.3 is 19.6 Å². The van der Waals surface area contributed by atoms with Crippen LogP contribution in [-0.2, 0) is 25.8 Å². The molecule has 1 spiro atoms. The topological polar surface area (TPSA) is 118 Å². The van der Waals surface area contributed by atoms with Crippen molar-refractivity contribution in [1.29, 1.82) is 0 Å². The van der Waals surface area contributed by atoms with Crippen LogP contribution in [0.15, 0.2) is 49.6 Å². The number of hydrogen-bond donors (Lipinski definition) is 1. The van der Waals surface area contributed by atoms with E-state index in [1.807, 2.05) is 38.1 Å². The van der Waals surface area contributed by atoms with E-state index in [0.717, 1.165) is 11.9 Å². The van der Waals surface area contributed by atoms with E-state index in [1.54, 1.807) is 38.4 Å². The lowest BCUT2D eigenvalue weighted by atomic mass is 9.71. The quantitative estimate of drug-likeness (QED) is 0.139. The highest BCUT2D eigenvalue weighted by Gasteiger charge is 2.76. The fourth-order valence-electron chi connectivity index (χ4n) is 7.06. The van der Waals surface area contributed by atoms with Crippen LogP contribution in [0, 0.1) is 17.8 Å². The second-order valence-electron chi connectivity index (χ2n) is 12.0. The van der Waals surface area contributed by atoms with Crippen LogP contribution in [0.2, 0.25) is 0 Å². The molecule has 3 aliphatic rings. The molecular formula is C31H40BrN5O5S. The van der Waals surface area contributed by atoms with E-state index >= 15 is 0 Å². The number of likely N-dealkylation sites (tertiary alicyclic amines) is 1. The first-order valence-electron chi connectivity index (χ1n) is 14.9. The number of amides is 2. The Morgan fingerprint density at radius 3 is 2.77 bits per heavy atom. The van der Waals surface area contributed by atoms with Gasteiger partial charge in [-0.1, -0.05) is 59.3 Å². The minimum Gasteiger partial charge on any atom is -0.465 e. The molecule has 3 saturated heterocycles. The van der Waals surface area contributed by atoms with Crippen molar-refractivity contribution in [3.8, 4) is 0 Å². The number of ether oxygens (including phenoxy) is 1. The second-order valence-corrected chi connectivity index (χ2v) is 14.8. The number of rotatable bonds is 14. The third kappa shape index (κ3) is 5.66. The smallest absolute Gasteiger partial charge is 0.310 e. The van der Waals surface area contributed by atoms with Gasteiger partial charge in [0.2, 0.25) is 11.8 Å². The summed E-state index contributed by atoms with van der Waals surface area (Å²) in [5.41, 5.74) is 1.49. The average molecular weight is 675 g/mol. The highest BCUT2D eigenvalue weighted by atomic mass is 79.9. The van der Waals surface area contributed by atoms with E-state index < -0.39 is 34.6 Å². The van der Waals surface area contributed by atoms with Crippen LogP contribution in [0.1, 0.15) is 39.5 Å². The van der Waals surface area contributed by atoms with Gasteiger partial charge in [0.15, 0.2) is 0 Å². The molecule has 1 N–H and O–H groups in total. The van der Waals surface area contributed by atoms with Gasteiger partial charge in [0.25, 0.3) is 0 Å². The second kappa shape index (κ2) is 13.1. The van der Waals surface area contributed by atoms with Crippen LogP contribution in [-0.4, -0.2) is 94.4 Å². The van der Waals surface area contributed by atoms with Crippen molar-refractivity contribution in [3.63, 3.8) is 0 Å². The Hall–Kier alpha value is -2.70. The molecule has 12 heteroatoms. The summed E-state index contributed by atoms with van der Waals surface area (Å²) in [5.74, 6) is -2.17. The Balaban J connectivity index is 1.54. The summed E-state index contributed by atoms with van der Waals surface area (Å²) in [4.78, 5) is 46.0. The summed E-state index contributed by atoms with van der Waals surface area (Å²) in [6.07, 6.45) is 5.87. The lowest BCUT2D eigenvalue weighted by Gasteiger charge is -2.40. The van der Waals surface area contributed by atoms with E-state index in [0.29, 0.717) is 24.8 Å². The Labute approximate surface area is 265 Å². The molecule has 2 aromatic rings. The van der Waals surface area contributed by atoms with Gasteiger partial charge in [-0.25, -0.2) is 4.68 Å². The molecule has 2 amide bonds. The number of unbranched alkanes of at least 4 members (excludes halogenated alkanes) is 1. The predicted molar refractivity (Wildman–Crippen MR) is 169 cm³/mol. The zero-order valence-corrected chi connectivity index (χ0v) is 27.1. The van der Waals surface area contributed by atoms with Crippen LogP contribution in [0.3, 0.4) is 0 Å². The third-order valence-corrected chi connectivity index (χ3v) is 12.0. The van der Waals surface area contributed by atoms with Gasteiger partial charge in [0, 0.05) is 16.6 Å². The summed E-state index contributed by atoms with van der Waals surface area (Å²) in [6, 6.07) is 6.07. The molecule has 7 atom stereocenters. The Morgan fingerprint density at radius 2 is 2.07 bits per heavy atom. The fourth-order valence-corrected chi connectivity index (χ4v) is 10.6. The van der Waals surface area contributed by atoms with Crippen LogP contribution < -0.4 is 0 Å². The highest BCUT2D eigenvalue weighted by Crippen LogP contribution is 2.68. The van der Waals surface area contributed by atoms with Crippen molar-refractivity contribution >= 4 is 56.5 Å². The van der Waals surface area contributed by atoms with Gasteiger partial charge in [-0.2, -0.15) is 0 Å². The SMILES string of the molecule is C=CCCCOC(=O)[C@H]1[C@H]2C(=O)N([C@@H](CO)CC(C)C)C(C(=O)N(CC=C)Cn3nnc4ccccc43)C23CC(Br)[C@@H]1S3. The number of fused-ring (bicyclic) bond motifs is 2. The van der Waals surface area contributed by atoms with E-state index in [9.17, 15) is 19.5 Å². The van der Waals surface area contributed by atoms with Crippen LogP contribution in [0.4, 0.5) is 0 Å². The molecule has 3 unspecified atom stereocenters. The molecule has 3 fully saturated rings. The maximum Gasteiger partial charge on any atom is 0.310 e. The molecule has 1 aromatic heterocycles. The van der Waals surface area contributed by atoms with Crippen molar-refractivity contribution in [1.82, 2.24) is 24.8 Å². The molecular weight excluding hydrogens is 634 g/mol. The first kappa shape index (κ1) is 31.7. The predicted octanol–water partition coefficient (Wildman–Crippen LogP) is 3.78. The zero-order chi connectivity index (χ0) is 30.9. The standard InChI is InChI=1S/C31H40BrN5O5S/c1-5-7-10-14-42-30(41)24-25-28(39)37(20(17-38)15-19(3)4)27(31(25)16-21(32)26(24)43-31)29(40)35(13-6-2)18-36-23-12-9-8-11-22(23)33-34-36/h5-6,8-9,11-12,19-21,24-27,38H,1-2,7,10,13-18H2,3-4H3/t20-,21?,24+,25+,26+,27?,31?/m1/s1. The van der Waals surface area contributed by atoms with Gasteiger partial charge in [0.05, 0.1) is 41.4 Å². The molecule has 0 saturated carbocycles. The van der Waals surface area contributed by atoms with Crippen LogP contribution >= 0.6 is 27.7 Å². The number of aromatic nitrogens is 3. The number of para-hydroxylation sites is 1. The zero-order valence-electron chi connectivity index (χ0n) is 24.7. The number of carbonyl (C=O) groups is 3. The molecule has 43 heavy (non-hydrogen) atoms. The summed E-state index contributed by atoms with van der Waals surface area (Å²) in [5, 5.41) is 18.9. The first-order chi connectivity index (χ1) is 20.7. The van der Waals surface area contributed by atoms with Crippen molar-refractivity contribution in [3.05, 3.63) is 49.6 Å². The Bertz CT molecular complexity index is 1390. The maximum atomic E-state index is 14.8. The molecule has 10 nitrogen and oxygen atoms in total. The molecule has 1 aromatic carbocycles. The summed E-state index contributed by atoms with van der Waals surface area (Å²) < 4.78 is 6.51. The fraction of sp³-hybridized carbons (Fsp3) is 0.581. The number of benzene rings is 1. The number of thioether (sulfide) groups is 1. The first-order valence-corrected chi connectivity index (χ1v) is 16.7. The lowest BCUT2D eigenvalue weighted by Crippen LogP contribution is -2.58. The summed E-state index contributed by atoms with van der Waals surface area (Å²) in [7, 11) is 0. The highest BCUT2D eigenvalue weighted by molar-refractivity contribution is 9.09. The molecule has 0 aliphatic carbocycles. The van der Waals surface area contributed by atoms with Crippen molar-refractivity contribution in [2.75, 3.05) is 19.8 Å². The Kier molecular flexibility index (Phi) is 9.67. The minimum absolute atomic E-state index is 0.0766. The lowest BCUT2D eigenvalue weighted by molar-refractivity contribution is -0.154. The number of aliphatic hydroxyl groups excluding tert-OH is 1. The van der Waals surface area contributed by atoms with Gasteiger partial charge >= 0.3 is 5.97 Å². The number of halogens is 1. The average Bonchev–Trinajstić information content (AvgIpc) is 3.70. The third-order valence-electron chi connectivity index (χ3n) is 8.76. The van der Waals surface area contributed by atoms with Crippen LogP contribution in [0.5, 0.6) is 0 Å². The van der Waals surface area contributed by atoms with E-state index in [1.165, 1.54) is 0 Å². The monoisotopic (exact) mass is 673 g/mol. The maximum absolute atomic E-state index is 14.8. The number of hydrogen-bond acceptors (Lipinski definition) is 8. The molecule has 4 heterocycles. The summed E-state index contributed by atoms with van der Waals surface area (Å²) in [6.45, 7) is 12.0. The van der Waals surface area contributed by atoms with Crippen LogP contribution in [0.25, 0.3) is 11.0 Å². The largest absolute Gasteiger partial charge is 0.465 e. The molecule has 3 aliphatic heterocycles. The number of esters is 1. The molecule has 2 bridgehead atoms. The number of carbonyl (C=O) groups excluding carboxylic acids is 3. The number of nitrogens with zero attached hydrogens (tertiary/aromatic N) is 5. The molecule has 232 valence electrons. The van der Waals surface area contributed by atoms with Gasteiger partial charge in [-0.05, 0) is 43.7 Å². The molecule has 0 radical (unpaired) electrons. The van der Waals surface area contributed by atoms with Crippen molar-refractivity contribution in [2.45, 2.75) is 73.1 Å². The van der Waals surface area contributed by atoms with Gasteiger partial charge in [0.1, 0.15) is 18.2 Å². The summed E-state index contributed by atoms with van der Waals surface area (Å²) >= 11 is 5.36. The Morgan fingerprint density at radius 1 is 1.30 bits per heavy atom.